The van der Waals surface area contributed by atoms with Gasteiger partial charge in [0.2, 0.25) is 5.90 Å². The van der Waals surface area contributed by atoms with Crippen LogP contribution in [0.3, 0.4) is 0 Å². The second-order valence-electron chi connectivity index (χ2n) is 10.2. The Hall–Kier alpha value is -4.06. The van der Waals surface area contributed by atoms with Crippen molar-refractivity contribution in [3.63, 3.8) is 0 Å². The molecule has 0 saturated carbocycles. The lowest BCUT2D eigenvalue weighted by Crippen LogP contribution is -2.23. The summed E-state index contributed by atoms with van der Waals surface area (Å²) >= 11 is 0. The van der Waals surface area contributed by atoms with Crippen LogP contribution in [-0.4, -0.2) is 28.4 Å². The maximum absolute atomic E-state index is 12.8. The number of amides is 1. The van der Waals surface area contributed by atoms with Crippen LogP contribution in [0, 0.1) is 12.8 Å². The van der Waals surface area contributed by atoms with Gasteiger partial charge in [0.1, 0.15) is 12.3 Å². The van der Waals surface area contributed by atoms with Crippen molar-refractivity contribution in [3.05, 3.63) is 100 Å². The number of hydrogen-bond acceptors (Lipinski definition) is 5. The van der Waals surface area contributed by atoms with E-state index in [-0.39, 0.29) is 5.91 Å². The summed E-state index contributed by atoms with van der Waals surface area (Å²) in [5.41, 5.74) is 9.04. The molecule has 1 N–H and O–H groups in total. The number of benzene rings is 1. The van der Waals surface area contributed by atoms with E-state index in [4.69, 9.17) is 9.73 Å². The van der Waals surface area contributed by atoms with Crippen molar-refractivity contribution >= 4 is 17.9 Å². The first-order chi connectivity index (χ1) is 18.9. The Balaban J connectivity index is 1.62. The van der Waals surface area contributed by atoms with Crippen LogP contribution in [0.25, 0.3) is 17.2 Å². The molecule has 1 aromatic carbocycles. The number of hydrogen-bond donors (Lipinski definition) is 1. The van der Waals surface area contributed by atoms with E-state index in [1.165, 1.54) is 11.1 Å². The Bertz CT molecular complexity index is 1410. The minimum absolute atomic E-state index is 0.209. The van der Waals surface area contributed by atoms with Crippen LogP contribution in [0.5, 0.6) is 0 Å². The SMILES string of the molecule is CCC1=C(C)N=C(C(=Cc2cc(-c3ccnc(C(=O)NCc4ccncc4)c3)ccc2C)CC(C)CC)OC1. The number of rotatable bonds is 10. The lowest BCUT2D eigenvalue weighted by atomic mass is 9.94. The summed E-state index contributed by atoms with van der Waals surface area (Å²) in [6.07, 6.45) is 10.3. The highest BCUT2D eigenvalue weighted by Crippen LogP contribution is 2.28. The number of carbonyl (C=O) groups is 1. The number of aryl methyl sites for hydroxylation is 1. The molecule has 0 aliphatic carbocycles. The van der Waals surface area contributed by atoms with Gasteiger partial charge in [-0.05, 0) is 102 Å². The Morgan fingerprint density at radius 1 is 1.05 bits per heavy atom. The molecule has 1 unspecified atom stereocenters. The van der Waals surface area contributed by atoms with Crippen LogP contribution < -0.4 is 5.32 Å². The zero-order valence-electron chi connectivity index (χ0n) is 23.6. The van der Waals surface area contributed by atoms with E-state index in [0.29, 0.717) is 24.8 Å². The Morgan fingerprint density at radius 2 is 1.82 bits per heavy atom. The third-order valence-corrected chi connectivity index (χ3v) is 7.27. The van der Waals surface area contributed by atoms with Gasteiger partial charge in [-0.2, -0.15) is 0 Å². The maximum Gasteiger partial charge on any atom is 0.270 e. The average Bonchev–Trinajstić information content (AvgIpc) is 2.97. The van der Waals surface area contributed by atoms with Gasteiger partial charge in [-0.3, -0.25) is 14.8 Å². The first-order valence-electron chi connectivity index (χ1n) is 13.7. The van der Waals surface area contributed by atoms with E-state index in [9.17, 15) is 4.79 Å². The molecule has 3 aromatic rings. The molecule has 0 saturated heterocycles. The first-order valence-corrected chi connectivity index (χ1v) is 13.7. The van der Waals surface area contributed by atoms with Gasteiger partial charge >= 0.3 is 0 Å². The summed E-state index contributed by atoms with van der Waals surface area (Å²) in [6.45, 7) is 11.8. The number of aliphatic imine (C=N–C) groups is 1. The average molecular weight is 523 g/mol. The molecule has 6 heteroatoms. The van der Waals surface area contributed by atoms with E-state index in [1.54, 1.807) is 18.6 Å². The number of aromatic nitrogens is 2. The smallest absolute Gasteiger partial charge is 0.270 e. The van der Waals surface area contributed by atoms with Crippen LogP contribution in [0.1, 0.15) is 74.1 Å². The fraction of sp³-hybridized carbons (Fsp3) is 0.333. The van der Waals surface area contributed by atoms with Gasteiger partial charge in [0, 0.05) is 36.4 Å². The molecule has 2 aromatic heterocycles. The number of ether oxygens (including phenoxy) is 1. The maximum atomic E-state index is 12.8. The van der Waals surface area contributed by atoms with Gasteiger partial charge in [0.25, 0.3) is 5.91 Å². The summed E-state index contributed by atoms with van der Waals surface area (Å²) in [4.78, 5) is 26.0. The molecule has 1 amide bonds. The van der Waals surface area contributed by atoms with Crippen LogP contribution in [-0.2, 0) is 11.3 Å². The van der Waals surface area contributed by atoms with Crippen LogP contribution in [0.2, 0.25) is 0 Å². The number of carbonyl (C=O) groups excluding carboxylic acids is 1. The fourth-order valence-corrected chi connectivity index (χ4v) is 4.44. The van der Waals surface area contributed by atoms with Crippen LogP contribution in [0.15, 0.2) is 82.9 Å². The molecule has 4 rings (SSSR count). The standard InChI is InChI=1S/C33H38N4O2/c1-6-22(3)16-30(33-37-24(5)26(7-2)21-39-33)18-29-17-27(9-8-23(29)4)28-12-15-35-31(19-28)32(38)36-20-25-10-13-34-14-11-25/h8-15,17-19,22H,6-7,16,20-21H2,1-5H3,(H,36,38). The van der Waals surface area contributed by atoms with Gasteiger partial charge in [-0.25, -0.2) is 4.99 Å². The predicted octanol–water partition coefficient (Wildman–Crippen LogP) is 7.31. The minimum Gasteiger partial charge on any atom is -0.473 e. The van der Waals surface area contributed by atoms with Crippen molar-refractivity contribution < 1.29 is 9.53 Å². The summed E-state index contributed by atoms with van der Waals surface area (Å²) in [5, 5.41) is 2.94. The molecule has 0 bridgehead atoms. The number of allylic oxidation sites excluding steroid dienone is 1. The van der Waals surface area contributed by atoms with E-state index < -0.39 is 0 Å². The van der Waals surface area contributed by atoms with Crippen molar-refractivity contribution in [2.45, 2.75) is 60.4 Å². The first kappa shape index (κ1) is 28.0. The van der Waals surface area contributed by atoms with E-state index in [1.807, 2.05) is 24.3 Å². The number of nitrogens with one attached hydrogen (secondary N) is 1. The highest BCUT2D eigenvalue weighted by molar-refractivity contribution is 5.99. The summed E-state index contributed by atoms with van der Waals surface area (Å²) in [7, 11) is 0. The van der Waals surface area contributed by atoms with E-state index >= 15 is 0 Å². The largest absolute Gasteiger partial charge is 0.473 e. The molecule has 202 valence electrons. The van der Waals surface area contributed by atoms with Gasteiger partial charge < -0.3 is 10.1 Å². The third kappa shape index (κ3) is 7.29. The topological polar surface area (TPSA) is 76.5 Å². The normalized spacial score (nSPS) is 14.5. The highest BCUT2D eigenvalue weighted by Gasteiger charge is 2.19. The second kappa shape index (κ2) is 13.1. The van der Waals surface area contributed by atoms with Crippen molar-refractivity contribution in [1.29, 1.82) is 0 Å². The Labute approximate surface area is 232 Å². The molecule has 0 radical (unpaired) electrons. The molecule has 6 nitrogen and oxygen atoms in total. The van der Waals surface area contributed by atoms with Gasteiger partial charge in [-0.1, -0.05) is 39.3 Å². The van der Waals surface area contributed by atoms with Gasteiger partial charge in [0.15, 0.2) is 0 Å². The molecular formula is C33H38N4O2. The third-order valence-electron chi connectivity index (χ3n) is 7.27. The Morgan fingerprint density at radius 3 is 2.54 bits per heavy atom. The molecular weight excluding hydrogens is 484 g/mol. The van der Waals surface area contributed by atoms with Gasteiger partial charge in [-0.15, -0.1) is 0 Å². The molecule has 39 heavy (non-hydrogen) atoms. The molecule has 1 atom stereocenters. The van der Waals surface area contributed by atoms with Crippen LogP contribution >= 0.6 is 0 Å². The summed E-state index contributed by atoms with van der Waals surface area (Å²) in [5.74, 6) is 1.03. The zero-order chi connectivity index (χ0) is 27.8. The summed E-state index contributed by atoms with van der Waals surface area (Å²) in [6, 6.07) is 13.9. The highest BCUT2D eigenvalue weighted by atomic mass is 16.5. The fourth-order valence-electron chi connectivity index (χ4n) is 4.44. The zero-order valence-corrected chi connectivity index (χ0v) is 23.6. The summed E-state index contributed by atoms with van der Waals surface area (Å²) < 4.78 is 6.15. The quantitative estimate of drug-likeness (QED) is 0.303. The number of pyridine rings is 2. The van der Waals surface area contributed by atoms with E-state index in [0.717, 1.165) is 58.7 Å². The lowest BCUT2D eigenvalue weighted by Gasteiger charge is -2.21. The van der Waals surface area contributed by atoms with Crippen LogP contribution in [0.4, 0.5) is 0 Å². The monoisotopic (exact) mass is 522 g/mol. The van der Waals surface area contributed by atoms with E-state index in [2.05, 4.69) is 74.2 Å². The molecule has 0 fully saturated rings. The molecule has 1 aliphatic heterocycles. The van der Waals surface area contributed by atoms with Crippen molar-refractivity contribution in [3.8, 4) is 11.1 Å². The lowest BCUT2D eigenvalue weighted by molar-refractivity contribution is 0.0946. The van der Waals surface area contributed by atoms with Crippen molar-refractivity contribution in [2.24, 2.45) is 10.9 Å². The Kier molecular flexibility index (Phi) is 9.42. The van der Waals surface area contributed by atoms with Gasteiger partial charge in [0.05, 0.1) is 0 Å². The molecule has 3 heterocycles. The number of nitrogens with zero attached hydrogens (tertiary/aromatic N) is 3. The predicted molar refractivity (Wildman–Crippen MR) is 158 cm³/mol. The molecule has 1 aliphatic rings. The van der Waals surface area contributed by atoms with Crippen molar-refractivity contribution in [1.82, 2.24) is 15.3 Å². The van der Waals surface area contributed by atoms with Crippen molar-refractivity contribution in [2.75, 3.05) is 6.61 Å². The minimum atomic E-state index is -0.209. The second-order valence-corrected chi connectivity index (χ2v) is 10.2. The molecule has 0 spiro atoms.